The molecule has 1 aromatic heterocycles. The van der Waals surface area contributed by atoms with Crippen LogP contribution in [0.25, 0.3) is 10.9 Å². The quantitative estimate of drug-likeness (QED) is 0.601. The van der Waals surface area contributed by atoms with Crippen LogP contribution in [0.2, 0.25) is 0 Å². The number of nitrogens with zero attached hydrogens (tertiary/aromatic N) is 1. The fourth-order valence-corrected chi connectivity index (χ4v) is 4.66. The van der Waals surface area contributed by atoms with Gasteiger partial charge in [0.1, 0.15) is 5.82 Å². The number of aromatic nitrogens is 1. The normalized spacial score (nSPS) is 18.3. The second-order valence-electron chi connectivity index (χ2n) is 8.38. The summed E-state index contributed by atoms with van der Waals surface area (Å²) >= 11 is 0. The summed E-state index contributed by atoms with van der Waals surface area (Å²) in [6.45, 7) is 0.795. The predicted molar refractivity (Wildman–Crippen MR) is 117 cm³/mol. The van der Waals surface area contributed by atoms with E-state index in [4.69, 9.17) is 0 Å². The molecule has 3 amide bonds. The molecule has 0 radical (unpaired) electrons. The third-order valence-corrected chi connectivity index (χ3v) is 6.21. The van der Waals surface area contributed by atoms with Crippen molar-refractivity contribution in [3.63, 3.8) is 0 Å². The lowest BCUT2D eigenvalue weighted by molar-refractivity contribution is -0.117. The first kappa shape index (κ1) is 19.6. The Labute approximate surface area is 179 Å². The second kappa shape index (κ2) is 8.06. The summed E-state index contributed by atoms with van der Waals surface area (Å²) in [5.41, 5.74) is 5.61. The van der Waals surface area contributed by atoms with Gasteiger partial charge in [0.2, 0.25) is 5.91 Å². The van der Waals surface area contributed by atoms with Crippen LogP contribution in [-0.2, 0) is 24.2 Å². The molecule has 0 unspecified atom stereocenters. The van der Waals surface area contributed by atoms with Gasteiger partial charge >= 0.3 is 6.03 Å². The average Bonchev–Trinajstić information content (AvgIpc) is 3.32. The molecule has 6 nitrogen and oxygen atoms in total. The third kappa shape index (κ3) is 4.00. The fraction of sp³-hybridized carbons (Fsp3) is 0.333. The summed E-state index contributed by atoms with van der Waals surface area (Å²) in [5, 5.41) is 7.04. The number of carbonyl (C=O) groups excluding carboxylic acids is 2. The van der Waals surface area contributed by atoms with Gasteiger partial charge in [0.05, 0.1) is 6.04 Å². The zero-order valence-corrected chi connectivity index (χ0v) is 17.2. The number of nitrogens with one attached hydrogen (secondary N) is 3. The van der Waals surface area contributed by atoms with E-state index in [1.165, 1.54) is 41.6 Å². The maximum atomic E-state index is 13.1. The van der Waals surface area contributed by atoms with E-state index < -0.39 is 0 Å². The molecule has 160 valence electrons. The van der Waals surface area contributed by atoms with Crippen LogP contribution in [0.3, 0.4) is 0 Å². The highest BCUT2D eigenvalue weighted by Gasteiger charge is 2.31. The number of aromatic amines is 1. The van der Waals surface area contributed by atoms with E-state index in [2.05, 4.69) is 27.8 Å². The molecule has 0 bridgehead atoms. The summed E-state index contributed by atoms with van der Waals surface area (Å²) in [6.07, 6.45) is 4.89. The van der Waals surface area contributed by atoms with Gasteiger partial charge in [-0.2, -0.15) is 0 Å². The number of halogens is 1. The second-order valence-corrected chi connectivity index (χ2v) is 8.38. The minimum absolute atomic E-state index is 0.0837. The number of benzene rings is 2. The van der Waals surface area contributed by atoms with Gasteiger partial charge < -0.3 is 20.5 Å². The number of hydrogen-bond acceptors (Lipinski definition) is 2. The Hall–Kier alpha value is -3.35. The Kier molecular flexibility index (Phi) is 5.10. The maximum Gasteiger partial charge on any atom is 0.315 e. The Balaban J connectivity index is 1.18. The predicted octanol–water partition coefficient (Wildman–Crippen LogP) is 3.79. The Morgan fingerprint density at radius 3 is 2.77 bits per heavy atom. The smallest absolute Gasteiger partial charge is 0.315 e. The standard InChI is InChI=1S/C24H25FN4O2/c25-16-6-8-18(9-7-16)29-14-17(12-23(29)30)27-24(31)26-13-15-5-10-22-20(11-15)19-3-1-2-4-21(19)28-22/h5-11,17,28H,1-4,12-14H2,(H2,26,27,31)/t17-/m0/s1. The van der Waals surface area contributed by atoms with Crippen LogP contribution in [0.5, 0.6) is 0 Å². The van der Waals surface area contributed by atoms with Crippen LogP contribution >= 0.6 is 0 Å². The Morgan fingerprint density at radius 2 is 1.94 bits per heavy atom. The zero-order valence-electron chi connectivity index (χ0n) is 17.2. The molecular formula is C24H25FN4O2. The van der Waals surface area contributed by atoms with Crippen molar-refractivity contribution in [1.82, 2.24) is 15.6 Å². The van der Waals surface area contributed by atoms with Gasteiger partial charge in [0.25, 0.3) is 0 Å². The van der Waals surface area contributed by atoms with Crippen molar-refractivity contribution in [1.29, 1.82) is 0 Å². The molecule has 1 aliphatic carbocycles. The van der Waals surface area contributed by atoms with Crippen LogP contribution in [0.1, 0.15) is 36.1 Å². The van der Waals surface area contributed by atoms with Crippen LogP contribution in [0, 0.1) is 5.82 Å². The molecule has 1 fully saturated rings. The van der Waals surface area contributed by atoms with Gasteiger partial charge in [-0.05, 0) is 73.2 Å². The Morgan fingerprint density at radius 1 is 1.13 bits per heavy atom. The van der Waals surface area contributed by atoms with Gasteiger partial charge in [-0.1, -0.05) is 6.07 Å². The van der Waals surface area contributed by atoms with E-state index in [1.807, 2.05) is 6.07 Å². The molecule has 1 atom stereocenters. The summed E-state index contributed by atoms with van der Waals surface area (Å²) in [7, 11) is 0. The monoisotopic (exact) mass is 420 g/mol. The number of H-pyrrole nitrogens is 1. The van der Waals surface area contributed by atoms with Crippen molar-refractivity contribution in [2.24, 2.45) is 0 Å². The number of rotatable bonds is 4. The summed E-state index contributed by atoms with van der Waals surface area (Å²) in [4.78, 5) is 29.8. The summed E-state index contributed by atoms with van der Waals surface area (Å²) in [6, 6.07) is 11.5. The molecule has 0 spiro atoms. The molecule has 2 heterocycles. The van der Waals surface area contributed by atoms with Crippen LogP contribution < -0.4 is 15.5 Å². The number of hydrogen-bond donors (Lipinski definition) is 3. The van der Waals surface area contributed by atoms with Gasteiger partial charge in [-0.15, -0.1) is 0 Å². The van der Waals surface area contributed by atoms with E-state index in [9.17, 15) is 14.0 Å². The molecule has 7 heteroatoms. The first-order valence-corrected chi connectivity index (χ1v) is 10.8. The van der Waals surface area contributed by atoms with E-state index in [0.717, 1.165) is 23.9 Å². The topological polar surface area (TPSA) is 77.2 Å². The minimum Gasteiger partial charge on any atom is -0.358 e. The Bertz CT molecular complexity index is 1140. The SMILES string of the molecule is O=C(NCc1ccc2[nH]c3c(c2c1)CCCC3)N[C@H]1CC(=O)N(c2ccc(F)cc2)C1. The van der Waals surface area contributed by atoms with Crippen molar-refractivity contribution in [3.8, 4) is 0 Å². The highest BCUT2D eigenvalue weighted by Crippen LogP contribution is 2.29. The lowest BCUT2D eigenvalue weighted by Gasteiger charge is -2.17. The number of carbonyl (C=O) groups is 2. The zero-order chi connectivity index (χ0) is 21.4. The molecule has 3 aromatic rings. The van der Waals surface area contributed by atoms with Crippen molar-refractivity contribution < 1.29 is 14.0 Å². The van der Waals surface area contributed by atoms with Crippen LogP contribution in [-0.4, -0.2) is 29.5 Å². The van der Waals surface area contributed by atoms with Gasteiger partial charge in [0, 0.05) is 41.8 Å². The molecule has 0 saturated carbocycles. The molecule has 3 N–H and O–H groups in total. The highest BCUT2D eigenvalue weighted by molar-refractivity contribution is 5.96. The fourth-order valence-electron chi connectivity index (χ4n) is 4.66. The number of anilines is 1. The third-order valence-electron chi connectivity index (χ3n) is 6.21. The van der Waals surface area contributed by atoms with Gasteiger partial charge in [0.15, 0.2) is 0 Å². The van der Waals surface area contributed by atoms with Crippen molar-refractivity contribution in [3.05, 3.63) is 65.1 Å². The van der Waals surface area contributed by atoms with Gasteiger partial charge in [-0.3, -0.25) is 4.79 Å². The average molecular weight is 420 g/mol. The molecule has 1 saturated heterocycles. The van der Waals surface area contributed by atoms with Crippen molar-refractivity contribution in [2.75, 3.05) is 11.4 Å². The molecule has 5 rings (SSSR count). The molecule has 2 aromatic carbocycles. The number of aryl methyl sites for hydroxylation is 2. The molecule has 2 aliphatic rings. The summed E-state index contributed by atoms with van der Waals surface area (Å²) < 4.78 is 13.1. The van der Waals surface area contributed by atoms with E-state index in [0.29, 0.717) is 18.8 Å². The maximum absolute atomic E-state index is 13.1. The summed E-state index contributed by atoms with van der Waals surface area (Å²) in [5.74, 6) is -0.428. The first-order chi connectivity index (χ1) is 15.1. The molecule has 1 aliphatic heterocycles. The van der Waals surface area contributed by atoms with Crippen molar-refractivity contribution in [2.45, 2.75) is 44.7 Å². The largest absolute Gasteiger partial charge is 0.358 e. The lowest BCUT2D eigenvalue weighted by Crippen LogP contribution is -2.43. The molecular weight excluding hydrogens is 395 g/mol. The molecule has 31 heavy (non-hydrogen) atoms. The number of fused-ring (bicyclic) bond motifs is 3. The van der Waals surface area contributed by atoms with Crippen LogP contribution in [0.15, 0.2) is 42.5 Å². The number of amides is 3. The van der Waals surface area contributed by atoms with E-state index >= 15 is 0 Å². The van der Waals surface area contributed by atoms with Crippen LogP contribution in [0.4, 0.5) is 14.9 Å². The first-order valence-electron chi connectivity index (χ1n) is 10.8. The van der Waals surface area contributed by atoms with Crippen molar-refractivity contribution >= 4 is 28.5 Å². The lowest BCUT2D eigenvalue weighted by atomic mass is 9.95. The van der Waals surface area contributed by atoms with Gasteiger partial charge in [-0.25, -0.2) is 9.18 Å². The van der Waals surface area contributed by atoms with E-state index in [-0.39, 0.29) is 30.2 Å². The van der Waals surface area contributed by atoms with E-state index in [1.54, 1.807) is 17.0 Å². The highest BCUT2D eigenvalue weighted by atomic mass is 19.1. The number of urea groups is 1. The minimum atomic E-state index is -0.345.